The van der Waals surface area contributed by atoms with Gasteiger partial charge in [-0.05, 0) is 50.5 Å². The molecule has 2 heterocycles. The molecule has 1 amide bonds. The van der Waals surface area contributed by atoms with E-state index in [0.29, 0.717) is 44.5 Å². The van der Waals surface area contributed by atoms with Gasteiger partial charge in [0.2, 0.25) is 0 Å². The van der Waals surface area contributed by atoms with Gasteiger partial charge in [-0.2, -0.15) is 0 Å². The van der Waals surface area contributed by atoms with Crippen LogP contribution in [0.25, 0.3) is 0 Å². The van der Waals surface area contributed by atoms with Gasteiger partial charge in [-0.25, -0.2) is 0 Å². The van der Waals surface area contributed by atoms with Crippen LogP contribution >= 0.6 is 0 Å². The predicted octanol–water partition coefficient (Wildman–Crippen LogP) is 3.42. The standard InChI is InChI=1S/C25H32N4O4/c1-2-32-24(30)15-8-14-23-29(19-10-4-3-5-11-19)22(18-33-23)25(31)28-17-9-12-20(26)21-13-6-7-16-27-21/h3-7,10-11,13,16,18,20,23H,2,8-9,12,14-15,17,26H2,1H3,(H,28,31). The van der Waals surface area contributed by atoms with Crippen molar-refractivity contribution in [2.24, 2.45) is 5.73 Å². The number of carbonyl (C=O) groups excluding carboxylic acids is 2. The first kappa shape index (κ1) is 24.3. The number of ether oxygens (including phenoxy) is 2. The van der Waals surface area contributed by atoms with E-state index in [1.54, 1.807) is 13.1 Å². The Bertz CT molecular complexity index is 921. The van der Waals surface area contributed by atoms with Gasteiger partial charge >= 0.3 is 5.97 Å². The van der Waals surface area contributed by atoms with Crippen LogP contribution in [0.3, 0.4) is 0 Å². The highest BCUT2D eigenvalue weighted by Gasteiger charge is 2.32. The number of hydrogen-bond donors (Lipinski definition) is 2. The molecular weight excluding hydrogens is 420 g/mol. The number of para-hydroxylation sites is 1. The number of esters is 1. The van der Waals surface area contributed by atoms with Crippen LogP contribution in [0.4, 0.5) is 5.69 Å². The highest BCUT2D eigenvalue weighted by molar-refractivity contribution is 5.97. The van der Waals surface area contributed by atoms with Crippen molar-refractivity contribution in [2.75, 3.05) is 18.1 Å². The summed E-state index contributed by atoms with van der Waals surface area (Å²) in [5.41, 5.74) is 8.33. The van der Waals surface area contributed by atoms with E-state index in [-0.39, 0.29) is 24.1 Å². The van der Waals surface area contributed by atoms with Crippen molar-refractivity contribution < 1.29 is 19.1 Å². The SMILES string of the molecule is CCOC(=O)CCCC1OC=C(C(=O)NCCCC(N)c2ccccn2)N1c1ccccc1. The third kappa shape index (κ3) is 7.05. The molecule has 8 heteroatoms. The van der Waals surface area contributed by atoms with E-state index in [0.717, 1.165) is 17.8 Å². The monoisotopic (exact) mass is 452 g/mol. The summed E-state index contributed by atoms with van der Waals surface area (Å²) < 4.78 is 10.8. The number of amides is 1. The fraction of sp³-hybridized carbons (Fsp3) is 0.400. The molecule has 3 rings (SSSR count). The molecular formula is C25H32N4O4. The molecule has 3 N–H and O–H groups in total. The number of benzene rings is 1. The summed E-state index contributed by atoms with van der Waals surface area (Å²) in [6, 6.07) is 15.1. The number of pyridine rings is 1. The van der Waals surface area contributed by atoms with E-state index in [2.05, 4.69) is 10.3 Å². The maximum Gasteiger partial charge on any atom is 0.305 e. The van der Waals surface area contributed by atoms with Crippen LogP contribution in [-0.4, -0.2) is 36.2 Å². The van der Waals surface area contributed by atoms with Gasteiger partial charge in [-0.3, -0.25) is 19.5 Å². The van der Waals surface area contributed by atoms with Crippen molar-refractivity contribution in [1.29, 1.82) is 0 Å². The molecule has 1 aromatic carbocycles. The molecule has 33 heavy (non-hydrogen) atoms. The molecule has 0 spiro atoms. The van der Waals surface area contributed by atoms with E-state index in [4.69, 9.17) is 15.2 Å². The van der Waals surface area contributed by atoms with Gasteiger partial charge in [0.15, 0.2) is 6.23 Å². The Balaban J connectivity index is 1.53. The fourth-order valence-electron chi connectivity index (χ4n) is 3.68. The van der Waals surface area contributed by atoms with Crippen molar-refractivity contribution in [2.45, 2.75) is 51.3 Å². The average molecular weight is 453 g/mol. The molecule has 1 aliphatic heterocycles. The number of anilines is 1. The molecule has 1 aliphatic rings. The van der Waals surface area contributed by atoms with Crippen LogP contribution in [0.2, 0.25) is 0 Å². The first-order valence-electron chi connectivity index (χ1n) is 11.4. The van der Waals surface area contributed by atoms with Crippen molar-refractivity contribution in [3.05, 3.63) is 72.4 Å². The summed E-state index contributed by atoms with van der Waals surface area (Å²) in [6.07, 6.45) is 5.80. The highest BCUT2D eigenvalue weighted by atomic mass is 16.5. The Kier molecular flexibility index (Phi) is 9.26. The van der Waals surface area contributed by atoms with Gasteiger partial charge in [0.1, 0.15) is 12.0 Å². The van der Waals surface area contributed by atoms with Gasteiger partial charge in [0.05, 0.1) is 12.3 Å². The van der Waals surface area contributed by atoms with Crippen molar-refractivity contribution >= 4 is 17.6 Å². The second-order valence-corrected chi connectivity index (χ2v) is 7.76. The quantitative estimate of drug-likeness (QED) is 0.375. The van der Waals surface area contributed by atoms with Crippen LogP contribution in [0, 0.1) is 0 Å². The molecule has 0 bridgehead atoms. The third-order valence-corrected chi connectivity index (χ3v) is 5.33. The first-order chi connectivity index (χ1) is 16.1. The van der Waals surface area contributed by atoms with Gasteiger partial charge in [-0.1, -0.05) is 24.3 Å². The highest BCUT2D eigenvalue weighted by Crippen LogP contribution is 2.30. The molecule has 1 aromatic heterocycles. The topological polar surface area (TPSA) is 107 Å². The van der Waals surface area contributed by atoms with E-state index < -0.39 is 0 Å². The van der Waals surface area contributed by atoms with Crippen LogP contribution in [-0.2, 0) is 19.1 Å². The molecule has 0 radical (unpaired) electrons. The van der Waals surface area contributed by atoms with Gasteiger partial charge in [-0.15, -0.1) is 0 Å². The minimum absolute atomic E-state index is 0.165. The molecule has 2 atom stereocenters. The molecule has 0 saturated carbocycles. The summed E-state index contributed by atoms with van der Waals surface area (Å²) >= 11 is 0. The zero-order valence-corrected chi connectivity index (χ0v) is 19.0. The number of carbonyl (C=O) groups is 2. The molecule has 2 aromatic rings. The van der Waals surface area contributed by atoms with Crippen LogP contribution in [0.1, 0.15) is 50.8 Å². The molecule has 176 valence electrons. The largest absolute Gasteiger partial charge is 0.475 e. The third-order valence-electron chi connectivity index (χ3n) is 5.33. The molecule has 0 fully saturated rings. The van der Waals surface area contributed by atoms with E-state index in [9.17, 15) is 9.59 Å². The lowest BCUT2D eigenvalue weighted by atomic mass is 10.1. The van der Waals surface area contributed by atoms with E-state index in [1.165, 1.54) is 6.26 Å². The molecule has 0 aliphatic carbocycles. The number of nitrogens with one attached hydrogen (secondary N) is 1. The summed E-state index contributed by atoms with van der Waals surface area (Å²) in [7, 11) is 0. The van der Waals surface area contributed by atoms with Crippen LogP contribution < -0.4 is 16.0 Å². The summed E-state index contributed by atoms with van der Waals surface area (Å²) in [6.45, 7) is 2.65. The Morgan fingerprint density at radius 3 is 2.70 bits per heavy atom. The second-order valence-electron chi connectivity index (χ2n) is 7.76. The minimum atomic E-state index is -0.361. The summed E-state index contributed by atoms with van der Waals surface area (Å²) in [5.74, 6) is -0.435. The maximum absolute atomic E-state index is 12.9. The lowest BCUT2D eigenvalue weighted by Gasteiger charge is -2.27. The van der Waals surface area contributed by atoms with Crippen LogP contribution in [0.5, 0.6) is 0 Å². The zero-order valence-electron chi connectivity index (χ0n) is 19.0. The van der Waals surface area contributed by atoms with Crippen molar-refractivity contribution in [1.82, 2.24) is 10.3 Å². The smallest absolute Gasteiger partial charge is 0.305 e. The van der Waals surface area contributed by atoms with E-state index in [1.807, 2.05) is 53.4 Å². The molecule has 2 unspecified atom stereocenters. The molecule has 0 saturated heterocycles. The number of nitrogens with zero attached hydrogens (tertiary/aromatic N) is 2. The van der Waals surface area contributed by atoms with E-state index >= 15 is 0 Å². The second kappa shape index (κ2) is 12.6. The number of aromatic nitrogens is 1. The Morgan fingerprint density at radius 2 is 1.97 bits per heavy atom. The normalized spacial score (nSPS) is 16.0. The number of rotatable bonds is 12. The Hall–Kier alpha value is -3.39. The zero-order chi connectivity index (χ0) is 23.5. The number of nitrogens with two attached hydrogens (primary N) is 1. The maximum atomic E-state index is 12.9. The predicted molar refractivity (Wildman–Crippen MR) is 126 cm³/mol. The van der Waals surface area contributed by atoms with Crippen molar-refractivity contribution in [3.8, 4) is 0 Å². The van der Waals surface area contributed by atoms with Gasteiger partial charge < -0.3 is 20.5 Å². The fourth-order valence-corrected chi connectivity index (χ4v) is 3.68. The number of hydrogen-bond acceptors (Lipinski definition) is 7. The molecule has 8 nitrogen and oxygen atoms in total. The van der Waals surface area contributed by atoms with Crippen molar-refractivity contribution in [3.63, 3.8) is 0 Å². The van der Waals surface area contributed by atoms with Gasteiger partial charge in [0, 0.05) is 37.3 Å². The van der Waals surface area contributed by atoms with Gasteiger partial charge in [0.25, 0.3) is 5.91 Å². The Morgan fingerprint density at radius 1 is 1.18 bits per heavy atom. The summed E-state index contributed by atoms with van der Waals surface area (Å²) in [5, 5.41) is 2.96. The van der Waals surface area contributed by atoms with Crippen LogP contribution in [0.15, 0.2) is 66.7 Å². The average Bonchev–Trinajstić information content (AvgIpc) is 3.27. The summed E-state index contributed by atoms with van der Waals surface area (Å²) in [4.78, 5) is 30.8. The lowest BCUT2D eigenvalue weighted by molar-refractivity contribution is -0.143. The first-order valence-corrected chi connectivity index (χ1v) is 11.4. The lowest BCUT2D eigenvalue weighted by Crippen LogP contribution is -2.38. The minimum Gasteiger partial charge on any atom is -0.475 e. The Labute approximate surface area is 194 Å².